The Balaban J connectivity index is 2.25. The van der Waals surface area contributed by atoms with Gasteiger partial charge in [0, 0.05) is 15.6 Å². The number of amides is 1. The highest BCUT2D eigenvalue weighted by atomic mass is 79.9. The van der Waals surface area contributed by atoms with Crippen molar-refractivity contribution in [3.63, 3.8) is 0 Å². The second-order valence-corrected chi connectivity index (χ2v) is 7.75. The third-order valence-electron chi connectivity index (χ3n) is 5.04. The lowest BCUT2D eigenvalue weighted by Gasteiger charge is -2.26. The number of carbonyl (C=O) groups excluding carboxylic acids is 2. The van der Waals surface area contributed by atoms with E-state index in [-0.39, 0.29) is 18.4 Å². The van der Waals surface area contributed by atoms with Crippen LogP contribution in [0.25, 0.3) is 0 Å². The molecule has 0 radical (unpaired) electrons. The summed E-state index contributed by atoms with van der Waals surface area (Å²) in [5.74, 6) is -0.619. The number of anilines is 1. The molecule has 6 heteroatoms. The highest BCUT2D eigenvalue weighted by Gasteiger charge is 2.35. The predicted octanol–water partition coefficient (Wildman–Crippen LogP) is 4.22. The normalized spacial score (nSPS) is 17.4. The van der Waals surface area contributed by atoms with Crippen LogP contribution in [-0.2, 0) is 14.3 Å². The summed E-state index contributed by atoms with van der Waals surface area (Å²) in [6, 6.07) is 14.9. The third-order valence-corrected chi connectivity index (χ3v) is 5.53. The Morgan fingerprint density at radius 3 is 2.61 bits per heavy atom. The molecule has 1 aliphatic heterocycles. The van der Waals surface area contributed by atoms with Gasteiger partial charge < -0.3 is 4.74 Å². The van der Waals surface area contributed by atoms with E-state index in [0.29, 0.717) is 5.69 Å². The zero-order chi connectivity index (χ0) is 20.3. The van der Waals surface area contributed by atoms with Crippen molar-refractivity contribution < 1.29 is 14.3 Å². The topological polar surface area (TPSA) is 59.0 Å². The van der Waals surface area contributed by atoms with E-state index in [1.165, 1.54) is 12.0 Å². The maximum atomic E-state index is 13.4. The van der Waals surface area contributed by atoms with Crippen LogP contribution >= 0.6 is 15.9 Å². The SMILES string of the molecule is CC[C@H](C)C1N=C(c2ccccc2)c2cc(Br)ccc2N(CC(=O)OC)C1=O. The summed E-state index contributed by atoms with van der Waals surface area (Å²) in [5, 5.41) is 0. The number of benzene rings is 2. The highest BCUT2D eigenvalue weighted by Crippen LogP contribution is 2.33. The van der Waals surface area contributed by atoms with E-state index >= 15 is 0 Å². The number of hydrogen-bond acceptors (Lipinski definition) is 4. The van der Waals surface area contributed by atoms with Crippen LogP contribution in [0.15, 0.2) is 58.0 Å². The van der Waals surface area contributed by atoms with E-state index in [1.807, 2.05) is 62.4 Å². The monoisotopic (exact) mass is 442 g/mol. The van der Waals surface area contributed by atoms with Crippen molar-refractivity contribution in [3.8, 4) is 0 Å². The summed E-state index contributed by atoms with van der Waals surface area (Å²) in [4.78, 5) is 31.9. The Bertz CT molecular complexity index is 911. The van der Waals surface area contributed by atoms with Gasteiger partial charge in [0.05, 0.1) is 18.5 Å². The second-order valence-electron chi connectivity index (χ2n) is 6.84. The lowest BCUT2D eigenvalue weighted by molar-refractivity contribution is -0.140. The number of benzodiazepines with no additional fused rings is 1. The number of hydrogen-bond donors (Lipinski definition) is 0. The van der Waals surface area contributed by atoms with Gasteiger partial charge in [0.25, 0.3) is 5.91 Å². The zero-order valence-corrected chi connectivity index (χ0v) is 17.8. The molecule has 5 nitrogen and oxygen atoms in total. The van der Waals surface area contributed by atoms with Gasteiger partial charge in [-0.15, -0.1) is 0 Å². The fourth-order valence-corrected chi connectivity index (χ4v) is 3.61. The summed E-state index contributed by atoms with van der Waals surface area (Å²) in [7, 11) is 1.32. The van der Waals surface area contributed by atoms with Crippen molar-refractivity contribution in [3.05, 3.63) is 64.1 Å². The minimum atomic E-state index is -0.573. The van der Waals surface area contributed by atoms with Crippen LogP contribution in [0.1, 0.15) is 31.4 Å². The highest BCUT2D eigenvalue weighted by molar-refractivity contribution is 9.10. The molecule has 1 amide bonds. The van der Waals surface area contributed by atoms with Crippen LogP contribution in [0.3, 0.4) is 0 Å². The van der Waals surface area contributed by atoms with Crippen molar-refractivity contribution in [2.45, 2.75) is 26.3 Å². The minimum Gasteiger partial charge on any atom is -0.468 e. The van der Waals surface area contributed by atoms with Crippen LogP contribution in [0.4, 0.5) is 5.69 Å². The summed E-state index contributed by atoms with van der Waals surface area (Å²) in [6.45, 7) is 3.90. The number of fused-ring (bicyclic) bond motifs is 1. The van der Waals surface area contributed by atoms with Crippen molar-refractivity contribution >= 4 is 39.2 Å². The molecule has 0 aliphatic carbocycles. The van der Waals surface area contributed by atoms with Crippen molar-refractivity contribution in [1.82, 2.24) is 0 Å². The zero-order valence-electron chi connectivity index (χ0n) is 16.2. The van der Waals surface area contributed by atoms with Gasteiger partial charge in [-0.2, -0.15) is 0 Å². The molecular formula is C22H23BrN2O3. The molecule has 2 aromatic rings. The van der Waals surface area contributed by atoms with Gasteiger partial charge in [-0.1, -0.05) is 66.5 Å². The van der Waals surface area contributed by atoms with Gasteiger partial charge in [-0.3, -0.25) is 19.5 Å². The first-order valence-electron chi connectivity index (χ1n) is 9.27. The molecule has 0 spiro atoms. The first-order chi connectivity index (χ1) is 13.5. The molecule has 0 bridgehead atoms. The van der Waals surface area contributed by atoms with E-state index in [0.717, 1.165) is 27.7 Å². The van der Waals surface area contributed by atoms with Crippen LogP contribution < -0.4 is 4.90 Å². The lowest BCUT2D eigenvalue weighted by Crippen LogP contribution is -2.43. The first kappa shape index (κ1) is 20.3. The van der Waals surface area contributed by atoms with Gasteiger partial charge in [0.15, 0.2) is 0 Å². The van der Waals surface area contributed by atoms with E-state index in [9.17, 15) is 9.59 Å². The van der Waals surface area contributed by atoms with E-state index < -0.39 is 12.0 Å². The van der Waals surface area contributed by atoms with E-state index in [2.05, 4.69) is 15.9 Å². The van der Waals surface area contributed by atoms with Crippen molar-refractivity contribution in [2.75, 3.05) is 18.6 Å². The molecule has 2 aromatic carbocycles. The lowest BCUT2D eigenvalue weighted by atomic mass is 9.98. The Kier molecular flexibility index (Phi) is 6.29. The minimum absolute atomic E-state index is 0.0316. The van der Waals surface area contributed by atoms with E-state index in [1.54, 1.807) is 0 Å². The van der Waals surface area contributed by atoms with Gasteiger partial charge in [0.2, 0.25) is 0 Å². The number of aliphatic imine (C=N–C) groups is 1. The fourth-order valence-electron chi connectivity index (χ4n) is 3.25. The summed E-state index contributed by atoms with van der Waals surface area (Å²) < 4.78 is 5.71. The number of rotatable bonds is 5. The predicted molar refractivity (Wildman–Crippen MR) is 114 cm³/mol. The fraction of sp³-hybridized carbons (Fsp3) is 0.318. The average molecular weight is 443 g/mol. The number of ether oxygens (including phenoxy) is 1. The molecule has 0 fully saturated rings. The Labute approximate surface area is 173 Å². The Morgan fingerprint density at radius 1 is 1.25 bits per heavy atom. The molecule has 3 rings (SSSR count). The Morgan fingerprint density at radius 2 is 1.96 bits per heavy atom. The van der Waals surface area contributed by atoms with Crippen LogP contribution in [0, 0.1) is 5.92 Å². The molecule has 0 saturated heterocycles. The summed E-state index contributed by atoms with van der Waals surface area (Å²) in [5.41, 5.74) is 3.15. The average Bonchev–Trinajstić information content (AvgIpc) is 2.83. The number of nitrogens with zero attached hydrogens (tertiary/aromatic N) is 2. The molecule has 0 saturated carbocycles. The molecule has 1 aliphatic rings. The largest absolute Gasteiger partial charge is 0.468 e. The third kappa shape index (κ3) is 4.02. The number of carbonyl (C=O) groups is 2. The summed E-state index contributed by atoms with van der Waals surface area (Å²) >= 11 is 3.52. The van der Waals surface area contributed by atoms with E-state index in [4.69, 9.17) is 9.73 Å². The quantitative estimate of drug-likeness (QED) is 0.651. The maximum Gasteiger partial charge on any atom is 0.325 e. The summed E-state index contributed by atoms with van der Waals surface area (Å²) in [6.07, 6.45) is 0.800. The Hall–Kier alpha value is -2.47. The molecule has 0 aromatic heterocycles. The van der Waals surface area contributed by atoms with Crippen molar-refractivity contribution in [1.29, 1.82) is 0 Å². The van der Waals surface area contributed by atoms with Crippen LogP contribution in [0.5, 0.6) is 0 Å². The maximum absolute atomic E-state index is 13.4. The van der Waals surface area contributed by atoms with Crippen LogP contribution in [0.2, 0.25) is 0 Å². The van der Waals surface area contributed by atoms with Crippen molar-refractivity contribution in [2.24, 2.45) is 10.9 Å². The van der Waals surface area contributed by atoms with Gasteiger partial charge in [-0.25, -0.2) is 0 Å². The molecular weight excluding hydrogens is 420 g/mol. The molecule has 2 atom stereocenters. The van der Waals surface area contributed by atoms with Crippen LogP contribution in [-0.4, -0.2) is 37.3 Å². The van der Waals surface area contributed by atoms with Gasteiger partial charge in [0.1, 0.15) is 12.6 Å². The number of methoxy groups -OCH3 is 1. The van der Waals surface area contributed by atoms with Gasteiger partial charge >= 0.3 is 5.97 Å². The first-order valence-corrected chi connectivity index (χ1v) is 10.1. The number of halogens is 1. The smallest absolute Gasteiger partial charge is 0.325 e. The molecule has 1 unspecified atom stereocenters. The van der Waals surface area contributed by atoms with Gasteiger partial charge in [-0.05, 0) is 24.1 Å². The molecule has 0 N–H and O–H groups in total. The molecule has 28 heavy (non-hydrogen) atoms. The standard InChI is InChI=1S/C22H23BrN2O3/c1-4-14(2)20-22(27)25(13-19(26)28-3)18-11-10-16(23)12-17(18)21(24-20)15-8-6-5-7-9-15/h5-12,14,20H,4,13H2,1-3H3/t14-,20?/m0/s1. The number of esters is 1. The molecule has 146 valence electrons. The second kappa shape index (κ2) is 8.69. The molecule has 1 heterocycles.